The molecule has 0 spiro atoms. The SMILES string of the molecule is CN(C)Cc1cccc(C(O)C2c3ccccc3CSc3ccccc32)c1. The van der Waals surface area contributed by atoms with E-state index in [-0.39, 0.29) is 5.92 Å². The van der Waals surface area contributed by atoms with Crippen molar-refractivity contribution in [2.75, 3.05) is 14.1 Å². The summed E-state index contributed by atoms with van der Waals surface area (Å²) in [5, 5.41) is 11.5. The van der Waals surface area contributed by atoms with Crippen LogP contribution in [0.1, 0.15) is 39.8 Å². The van der Waals surface area contributed by atoms with Gasteiger partial charge in [0.15, 0.2) is 0 Å². The number of aliphatic hydroxyl groups is 1. The Morgan fingerprint density at radius 2 is 1.70 bits per heavy atom. The Labute approximate surface area is 165 Å². The van der Waals surface area contributed by atoms with E-state index in [2.05, 4.69) is 85.7 Å². The van der Waals surface area contributed by atoms with Crippen LogP contribution in [0.5, 0.6) is 0 Å². The molecule has 1 aliphatic heterocycles. The third kappa shape index (κ3) is 3.81. The molecule has 0 amide bonds. The molecule has 3 aromatic carbocycles. The molecule has 0 bridgehead atoms. The van der Waals surface area contributed by atoms with Gasteiger partial charge in [-0.1, -0.05) is 66.7 Å². The van der Waals surface area contributed by atoms with Gasteiger partial charge in [0.05, 0.1) is 6.10 Å². The Balaban J connectivity index is 1.80. The smallest absolute Gasteiger partial charge is 0.0899 e. The maximum Gasteiger partial charge on any atom is 0.0899 e. The van der Waals surface area contributed by atoms with E-state index in [4.69, 9.17) is 0 Å². The molecule has 1 aliphatic rings. The summed E-state index contributed by atoms with van der Waals surface area (Å²) in [6.07, 6.45) is -0.576. The van der Waals surface area contributed by atoms with Crippen molar-refractivity contribution in [1.82, 2.24) is 4.90 Å². The van der Waals surface area contributed by atoms with Crippen LogP contribution in [0.4, 0.5) is 0 Å². The minimum atomic E-state index is -0.576. The predicted octanol–water partition coefficient (Wildman–Crippen LogP) is 5.22. The van der Waals surface area contributed by atoms with Crippen molar-refractivity contribution in [3.8, 4) is 0 Å². The molecular weight excluding hydrogens is 350 g/mol. The van der Waals surface area contributed by atoms with Crippen molar-refractivity contribution < 1.29 is 5.11 Å². The molecule has 4 rings (SSSR count). The molecule has 2 atom stereocenters. The van der Waals surface area contributed by atoms with Crippen molar-refractivity contribution >= 4 is 11.8 Å². The average molecular weight is 376 g/mol. The second-order valence-corrected chi connectivity index (χ2v) is 8.45. The molecule has 1 N–H and O–H groups in total. The quantitative estimate of drug-likeness (QED) is 0.676. The van der Waals surface area contributed by atoms with E-state index in [1.54, 1.807) is 0 Å². The summed E-state index contributed by atoms with van der Waals surface area (Å²) in [5.41, 5.74) is 5.97. The van der Waals surface area contributed by atoms with Gasteiger partial charge in [-0.05, 0) is 48.0 Å². The highest BCUT2D eigenvalue weighted by Gasteiger charge is 2.30. The normalized spacial score (nSPS) is 17.1. The number of rotatable bonds is 4. The van der Waals surface area contributed by atoms with Gasteiger partial charge >= 0.3 is 0 Å². The molecule has 2 unspecified atom stereocenters. The standard InChI is InChI=1S/C24H25NOS/c1-25(2)15-17-8-7-10-18(14-17)24(26)23-20-11-4-3-9-19(20)16-27-22-13-6-5-12-21(22)23/h3-14,23-24,26H,15-16H2,1-2H3. The second-order valence-electron chi connectivity index (χ2n) is 7.43. The summed E-state index contributed by atoms with van der Waals surface area (Å²) in [5.74, 6) is 0.888. The zero-order valence-electron chi connectivity index (χ0n) is 15.8. The first-order valence-corrected chi connectivity index (χ1v) is 10.3. The van der Waals surface area contributed by atoms with Crippen LogP contribution in [0, 0.1) is 0 Å². The van der Waals surface area contributed by atoms with Gasteiger partial charge in [-0.15, -0.1) is 11.8 Å². The fourth-order valence-corrected chi connectivity index (χ4v) is 5.04. The van der Waals surface area contributed by atoms with Gasteiger partial charge in [-0.2, -0.15) is 0 Å². The van der Waals surface area contributed by atoms with Gasteiger partial charge in [0.25, 0.3) is 0 Å². The van der Waals surface area contributed by atoms with Crippen LogP contribution in [0.25, 0.3) is 0 Å². The lowest BCUT2D eigenvalue weighted by molar-refractivity contribution is 0.158. The molecule has 27 heavy (non-hydrogen) atoms. The number of aliphatic hydroxyl groups excluding tert-OH is 1. The first-order valence-electron chi connectivity index (χ1n) is 9.34. The van der Waals surface area contributed by atoms with E-state index in [0.29, 0.717) is 0 Å². The van der Waals surface area contributed by atoms with Gasteiger partial charge in [0.1, 0.15) is 0 Å². The van der Waals surface area contributed by atoms with Crippen molar-refractivity contribution in [3.05, 3.63) is 101 Å². The Hall–Kier alpha value is -2.07. The zero-order valence-corrected chi connectivity index (χ0v) is 16.6. The summed E-state index contributed by atoms with van der Waals surface area (Å²) >= 11 is 1.86. The van der Waals surface area contributed by atoms with E-state index in [1.807, 2.05) is 17.8 Å². The van der Waals surface area contributed by atoms with Crippen LogP contribution in [0.15, 0.2) is 77.7 Å². The molecule has 0 aromatic heterocycles. The van der Waals surface area contributed by atoms with Gasteiger partial charge in [0.2, 0.25) is 0 Å². The van der Waals surface area contributed by atoms with Crippen molar-refractivity contribution in [1.29, 1.82) is 0 Å². The summed E-state index contributed by atoms with van der Waals surface area (Å²) in [6.45, 7) is 0.869. The molecule has 3 heteroatoms. The van der Waals surface area contributed by atoms with Crippen LogP contribution >= 0.6 is 11.8 Å². The van der Waals surface area contributed by atoms with E-state index < -0.39 is 6.10 Å². The minimum Gasteiger partial charge on any atom is -0.387 e. The second kappa shape index (κ2) is 7.89. The van der Waals surface area contributed by atoms with Gasteiger partial charge in [0, 0.05) is 23.1 Å². The Kier molecular flexibility index (Phi) is 5.35. The number of fused-ring (bicyclic) bond motifs is 2. The summed E-state index contributed by atoms with van der Waals surface area (Å²) in [4.78, 5) is 3.42. The van der Waals surface area contributed by atoms with Crippen molar-refractivity contribution in [2.24, 2.45) is 0 Å². The zero-order chi connectivity index (χ0) is 18.8. The average Bonchev–Trinajstić information content (AvgIpc) is 2.84. The first kappa shape index (κ1) is 18.3. The van der Waals surface area contributed by atoms with E-state index in [1.165, 1.54) is 27.1 Å². The number of hydrogen-bond donors (Lipinski definition) is 1. The number of hydrogen-bond acceptors (Lipinski definition) is 3. The highest BCUT2D eigenvalue weighted by Crippen LogP contribution is 2.46. The highest BCUT2D eigenvalue weighted by molar-refractivity contribution is 7.98. The van der Waals surface area contributed by atoms with Crippen LogP contribution in [0.2, 0.25) is 0 Å². The van der Waals surface area contributed by atoms with Crippen molar-refractivity contribution in [2.45, 2.75) is 29.2 Å². The monoisotopic (exact) mass is 375 g/mol. The Morgan fingerprint density at radius 1 is 0.963 bits per heavy atom. The molecule has 0 saturated carbocycles. The fraction of sp³-hybridized carbons (Fsp3) is 0.250. The van der Waals surface area contributed by atoms with Gasteiger partial charge in [-0.25, -0.2) is 0 Å². The molecule has 138 valence electrons. The lowest BCUT2D eigenvalue weighted by atomic mass is 9.81. The van der Waals surface area contributed by atoms with Gasteiger partial charge in [-0.3, -0.25) is 0 Å². The molecule has 0 radical (unpaired) electrons. The Bertz CT molecular complexity index is 889. The van der Waals surface area contributed by atoms with E-state index in [9.17, 15) is 5.11 Å². The molecule has 0 aliphatic carbocycles. The molecule has 2 nitrogen and oxygen atoms in total. The molecule has 1 heterocycles. The first-order chi connectivity index (χ1) is 13.1. The summed E-state index contributed by atoms with van der Waals surface area (Å²) < 4.78 is 0. The van der Waals surface area contributed by atoms with Crippen molar-refractivity contribution in [3.63, 3.8) is 0 Å². The number of thioether (sulfide) groups is 1. The molecule has 3 aromatic rings. The number of benzene rings is 3. The van der Waals surface area contributed by atoms with Crippen LogP contribution in [0.3, 0.4) is 0 Å². The maximum atomic E-state index is 11.5. The summed E-state index contributed by atoms with van der Waals surface area (Å²) in [6, 6.07) is 25.4. The van der Waals surface area contributed by atoms with Gasteiger partial charge < -0.3 is 10.0 Å². The molecular formula is C24H25NOS. The third-order valence-electron chi connectivity index (χ3n) is 5.13. The fourth-order valence-electron chi connectivity index (χ4n) is 3.93. The maximum absolute atomic E-state index is 11.5. The minimum absolute atomic E-state index is 0.0537. The lowest BCUT2D eigenvalue weighted by Gasteiger charge is -2.26. The third-order valence-corrected chi connectivity index (χ3v) is 6.27. The lowest BCUT2D eigenvalue weighted by Crippen LogP contribution is -2.15. The topological polar surface area (TPSA) is 23.5 Å². The van der Waals surface area contributed by atoms with Crippen LogP contribution in [-0.4, -0.2) is 24.1 Å². The number of nitrogens with zero attached hydrogens (tertiary/aromatic N) is 1. The summed E-state index contributed by atoms with van der Waals surface area (Å²) in [7, 11) is 4.14. The highest BCUT2D eigenvalue weighted by atomic mass is 32.2. The predicted molar refractivity (Wildman–Crippen MR) is 113 cm³/mol. The Morgan fingerprint density at radius 3 is 2.52 bits per heavy atom. The largest absolute Gasteiger partial charge is 0.387 e. The van der Waals surface area contributed by atoms with Crippen LogP contribution < -0.4 is 0 Å². The molecule has 0 fully saturated rings. The van der Waals surface area contributed by atoms with Crippen LogP contribution in [-0.2, 0) is 12.3 Å². The van der Waals surface area contributed by atoms with E-state index in [0.717, 1.165) is 17.9 Å². The molecule has 0 saturated heterocycles. The van der Waals surface area contributed by atoms with E-state index >= 15 is 0 Å².